The summed E-state index contributed by atoms with van der Waals surface area (Å²) in [6, 6.07) is 68.1. The van der Waals surface area contributed by atoms with Crippen LogP contribution < -0.4 is 0 Å². The van der Waals surface area contributed by atoms with Gasteiger partial charge in [0.2, 0.25) is 0 Å². The van der Waals surface area contributed by atoms with E-state index in [1.54, 1.807) is 0 Å². The number of rotatable bonds is 9. The molecule has 1 unspecified atom stereocenters. The fourth-order valence-electron chi connectivity index (χ4n) is 8.07. The maximum atomic E-state index is 6.71. The van der Waals surface area contributed by atoms with Gasteiger partial charge < -0.3 is 4.42 Å². The molecule has 266 valence electrons. The van der Waals surface area contributed by atoms with Crippen molar-refractivity contribution < 1.29 is 4.42 Å². The van der Waals surface area contributed by atoms with E-state index in [0.29, 0.717) is 17.5 Å². The Morgan fingerprint density at radius 3 is 1.61 bits per heavy atom. The highest BCUT2D eigenvalue weighted by atomic mass is 16.3. The zero-order valence-electron chi connectivity index (χ0n) is 30.7. The Kier molecular flexibility index (Phi) is 8.69. The fourth-order valence-corrected chi connectivity index (χ4v) is 8.07. The molecule has 4 heteroatoms. The number of fused-ring (bicyclic) bond motifs is 4. The molecule has 2 heterocycles. The van der Waals surface area contributed by atoms with Gasteiger partial charge in [-0.15, -0.1) is 0 Å². The third-order valence-electron chi connectivity index (χ3n) is 10.8. The molecule has 0 radical (unpaired) electrons. The second-order valence-electron chi connectivity index (χ2n) is 14.3. The Hall–Kier alpha value is -7.17. The van der Waals surface area contributed by atoms with E-state index in [1.165, 1.54) is 38.6 Å². The molecule has 0 spiro atoms. The fraction of sp³-hybridized carbons (Fsp3) is 0.0577. The summed E-state index contributed by atoms with van der Waals surface area (Å²) in [7, 11) is 0. The van der Waals surface area contributed by atoms with Gasteiger partial charge in [-0.3, -0.25) is 0 Å². The normalized spacial score (nSPS) is 12.0. The molecule has 0 aliphatic carbocycles. The standard InChI is InChI=1S/C52H37N3O/c1-4-15-36(16-5-1)37-30-27-35(28-31-37)29-32-44(43-25-14-22-38-17-10-11-23-42(38)43)46-33-41(34-48-49(46)45-24-12-13-26-47(45)56-48)52-54-50(39-18-6-2-7-19-39)53-51(55-52)40-20-8-3-9-21-40/h1-28,30-31,33-34,44H,29,32H2. The minimum Gasteiger partial charge on any atom is -0.456 e. The van der Waals surface area contributed by atoms with Crippen LogP contribution >= 0.6 is 0 Å². The van der Waals surface area contributed by atoms with Crippen molar-refractivity contribution >= 4 is 32.7 Å². The van der Waals surface area contributed by atoms with Crippen LogP contribution in [0.2, 0.25) is 0 Å². The summed E-state index contributed by atoms with van der Waals surface area (Å²) >= 11 is 0. The van der Waals surface area contributed by atoms with Crippen LogP contribution in [-0.2, 0) is 6.42 Å². The number of aryl methyl sites for hydroxylation is 1. The smallest absolute Gasteiger partial charge is 0.164 e. The molecule has 0 saturated carbocycles. The van der Waals surface area contributed by atoms with Gasteiger partial charge in [0, 0.05) is 33.4 Å². The highest BCUT2D eigenvalue weighted by Gasteiger charge is 2.25. The number of nitrogens with zero attached hydrogens (tertiary/aromatic N) is 3. The van der Waals surface area contributed by atoms with Crippen LogP contribution in [0.3, 0.4) is 0 Å². The summed E-state index contributed by atoms with van der Waals surface area (Å²) in [5, 5.41) is 4.71. The quantitative estimate of drug-likeness (QED) is 0.149. The summed E-state index contributed by atoms with van der Waals surface area (Å²) in [5.41, 5.74) is 10.7. The lowest BCUT2D eigenvalue weighted by molar-refractivity contribution is 0.667. The van der Waals surface area contributed by atoms with Crippen molar-refractivity contribution in [3.8, 4) is 45.3 Å². The first-order valence-corrected chi connectivity index (χ1v) is 19.2. The van der Waals surface area contributed by atoms with Gasteiger partial charge in [-0.25, -0.2) is 15.0 Å². The van der Waals surface area contributed by atoms with Crippen LogP contribution in [0.15, 0.2) is 199 Å². The van der Waals surface area contributed by atoms with Crippen molar-refractivity contribution in [1.29, 1.82) is 0 Å². The molecule has 1 atom stereocenters. The predicted octanol–water partition coefficient (Wildman–Crippen LogP) is 13.4. The number of hydrogen-bond donors (Lipinski definition) is 0. The Morgan fingerprint density at radius 2 is 0.929 bits per heavy atom. The van der Waals surface area contributed by atoms with Gasteiger partial charge in [0.25, 0.3) is 0 Å². The zero-order chi connectivity index (χ0) is 37.3. The van der Waals surface area contributed by atoms with Gasteiger partial charge in [0.05, 0.1) is 0 Å². The Bertz CT molecular complexity index is 2890. The zero-order valence-corrected chi connectivity index (χ0v) is 30.7. The third kappa shape index (κ3) is 6.41. The molecule has 10 rings (SSSR count). The Labute approximate surface area is 325 Å². The van der Waals surface area contributed by atoms with E-state index in [9.17, 15) is 0 Å². The lowest BCUT2D eigenvalue weighted by Gasteiger charge is -2.22. The molecule has 0 aliphatic heterocycles. The minimum absolute atomic E-state index is 0.0300. The SMILES string of the molecule is c1ccc(-c2ccc(CCC(c3cccc4ccccc34)c3cc(-c4nc(-c5ccccc5)nc(-c5ccccc5)n4)cc4oc5ccccc5c34)cc2)cc1. The Morgan fingerprint density at radius 1 is 0.393 bits per heavy atom. The second-order valence-corrected chi connectivity index (χ2v) is 14.3. The van der Waals surface area contributed by atoms with Gasteiger partial charge in [-0.05, 0) is 69.6 Å². The molecule has 0 N–H and O–H groups in total. The van der Waals surface area contributed by atoms with Gasteiger partial charge in [0.15, 0.2) is 17.5 Å². The second kappa shape index (κ2) is 14.6. The summed E-state index contributed by atoms with van der Waals surface area (Å²) in [6.07, 6.45) is 1.78. The number of aromatic nitrogens is 3. The highest BCUT2D eigenvalue weighted by molar-refractivity contribution is 6.08. The van der Waals surface area contributed by atoms with Crippen molar-refractivity contribution in [2.24, 2.45) is 0 Å². The maximum absolute atomic E-state index is 6.71. The molecule has 10 aromatic rings. The van der Waals surface area contributed by atoms with Crippen molar-refractivity contribution in [3.63, 3.8) is 0 Å². The molecule has 56 heavy (non-hydrogen) atoms. The van der Waals surface area contributed by atoms with E-state index >= 15 is 0 Å². The summed E-state index contributed by atoms with van der Waals surface area (Å²) < 4.78 is 6.71. The third-order valence-corrected chi connectivity index (χ3v) is 10.8. The van der Waals surface area contributed by atoms with E-state index < -0.39 is 0 Å². The summed E-state index contributed by atoms with van der Waals surface area (Å²) in [5.74, 6) is 1.90. The number of benzene rings is 8. The molecule has 0 fully saturated rings. The molecule has 0 aliphatic rings. The van der Waals surface area contributed by atoms with E-state index in [4.69, 9.17) is 19.4 Å². The predicted molar refractivity (Wildman–Crippen MR) is 229 cm³/mol. The van der Waals surface area contributed by atoms with Crippen molar-refractivity contribution in [2.75, 3.05) is 0 Å². The molecule has 0 saturated heterocycles. The average Bonchev–Trinajstić information content (AvgIpc) is 3.66. The maximum Gasteiger partial charge on any atom is 0.164 e. The molecule has 2 aromatic heterocycles. The molecule has 4 nitrogen and oxygen atoms in total. The number of para-hydroxylation sites is 1. The van der Waals surface area contributed by atoms with Crippen molar-refractivity contribution in [3.05, 3.63) is 211 Å². The molecular weight excluding hydrogens is 683 g/mol. The average molecular weight is 720 g/mol. The topological polar surface area (TPSA) is 51.8 Å². The first-order valence-electron chi connectivity index (χ1n) is 19.2. The molecular formula is C52H37N3O. The van der Waals surface area contributed by atoms with Gasteiger partial charge in [-0.1, -0.05) is 176 Å². The van der Waals surface area contributed by atoms with E-state index in [2.05, 4.69) is 127 Å². The largest absolute Gasteiger partial charge is 0.456 e. The van der Waals surface area contributed by atoms with Crippen LogP contribution in [0.1, 0.15) is 29.0 Å². The summed E-state index contributed by atoms with van der Waals surface area (Å²) in [6.45, 7) is 0. The van der Waals surface area contributed by atoms with Crippen LogP contribution in [-0.4, -0.2) is 15.0 Å². The minimum atomic E-state index is 0.0300. The van der Waals surface area contributed by atoms with E-state index in [1.807, 2.05) is 66.7 Å². The number of furan rings is 1. The van der Waals surface area contributed by atoms with Crippen LogP contribution in [0, 0.1) is 0 Å². The summed E-state index contributed by atoms with van der Waals surface area (Å²) in [4.78, 5) is 15.3. The van der Waals surface area contributed by atoms with E-state index in [-0.39, 0.29) is 5.92 Å². The molecule has 0 amide bonds. The van der Waals surface area contributed by atoms with Gasteiger partial charge in [-0.2, -0.15) is 0 Å². The first-order chi connectivity index (χ1) is 27.7. The van der Waals surface area contributed by atoms with Gasteiger partial charge in [0.1, 0.15) is 11.2 Å². The molecule has 8 aromatic carbocycles. The lowest BCUT2D eigenvalue weighted by atomic mass is 9.81. The number of hydrogen-bond acceptors (Lipinski definition) is 4. The van der Waals surface area contributed by atoms with Crippen molar-refractivity contribution in [2.45, 2.75) is 18.8 Å². The van der Waals surface area contributed by atoms with Gasteiger partial charge >= 0.3 is 0 Å². The first kappa shape index (κ1) is 33.4. The van der Waals surface area contributed by atoms with Crippen LogP contribution in [0.4, 0.5) is 0 Å². The van der Waals surface area contributed by atoms with Crippen LogP contribution in [0.5, 0.6) is 0 Å². The molecule has 0 bridgehead atoms. The highest BCUT2D eigenvalue weighted by Crippen LogP contribution is 2.43. The van der Waals surface area contributed by atoms with Crippen molar-refractivity contribution in [1.82, 2.24) is 15.0 Å². The lowest BCUT2D eigenvalue weighted by Crippen LogP contribution is -2.06. The Balaban J connectivity index is 1.17. The van der Waals surface area contributed by atoms with E-state index in [0.717, 1.165) is 51.5 Å². The van der Waals surface area contributed by atoms with Crippen LogP contribution in [0.25, 0.3) is 78.0 Å². The monoisotopic (exact) mass is 719 g/mol.